The predicted molar refractivity (Wildman–Crippen MR) is 96.5 cm³/mol. The van der Waals surface area contributed by atoms with Crippen LogP contribution in [-0.2, 0) is 4.74 Å². The molecule has 9 nitrogen and oxygen atoms in total. The Morgan fingerprint density at radius 1 is 1.37 bits per heavy atom. The van der Waals surface area contributed by atoms with E-state index in [0.717, 1.165) is 11.4 Å². The second-order valence-electron chi connectivity index (χ2n) is 6.17. The van der Waals surface area contributed by atoms with Crippen LogP contribution in [0.1, 0.15) is 12.6 Å². The van der Waals surface area contributed by atoms with Crippen molar-refractivity contribution in [3.63, 3.8) is 0 Å². The van der Waals surface area contributed by atoms with Crippen molar-refractivity contribution in [2.45, 2.75) is 24.9 Å². The molecular formula is C17H19FN6O3. The first-order valence-electron chi connectivity index (χ1n) is 8.40. The number of rotatable bonds is 5. The number of hydrogen-bond donors (Lipinski definition) is 3. The number of ether oxygens (including phenoxy) is 2. The molecule has 0 spiro atoms. The number of fused-ring (bicyclic) bond motifs is 1. The molecule has 1 aliphatic heterocycles. The average molecular weight is 374 g/mol. The molecule has 3 aromatic rings. The van der Waals surface area contributed by atoms with Crippen molar-refractivity contribution < 1.29 is 19.0 Å². The Hall–Kier alpha value is -2.98. The largest absolute Gasteiger partial charge is 0.497 e. The van der Waals surface area contributed by atoms with Gasteiger partial charge in [0.25, 0.3) is 0 Å². The third kappa shape index (κ3) is 3.24. The second kappa shape index (κ2) is 6.97. The van der Waals surface area contributed by atoms with Gasteiger partial charge < -0.3 is 25.6 Å². The van der Waals surface area contributed by atoms with Crippen molar-refractivity contribution in [2.24, 2.45) is 0 Å². The summed E-state index contributed by atoms with van der Waals surface area (Å²) in [7, 11) is 1.60. The molecule has 3 heterocycles. The van der Waals surface area contributed by atoms with Crippen LogP contribution in [0.15, 0.2) is 30.6 Å². The predicted octanol–water partition coefficient (Wildman–Crippen LogP) is 1.78. The van der Waals surface area contributed by atoms with E-state index in [1.165, 1.54) is 6.33 Å². The summed E-state index contributed by atoms with van der Waals surface area (Å²) in [5.74, 6) is 1.21. The van der Waals surface area contributed by atoms with Gasteiger partial charge in [-0.1, -0.05) is 0 Å². The van der Waals surface area contributed by atoms with Crippen LogP contribution in [0.5, 0.6) is 5.75 Å². The Bertz CT molecular complexity index is 948. The molecular weight excluding hydrogens is 355 g/mol. The fourth-order valence-corrected chi connectivity index (χ4v) is 3.07. The van der Waals surface area contributed by atoms with E-state index >= 15 is 0 Å². The van der Waals surface area contributed by atoms with Crippen molar-refractivity contribution in [3.8, 4) is 5.75 Å². The van der Waals surface area contributed by atoms with Gasteiger partial charge in [-0.3, -0.25) is 4.57 Å². The molecule has 4 N–H and O–H groups in total. The van der Waals surface area contributed by atoms with E-state index in [2.05, 4.69) is 20.3 Å². The number of nitrogen functional groups attached to an aromatic ring is 1. The van der Waals surface area contributed by atoms with Gasteiger partial charge in [0.1, 0.15) is 24.3 Å². The highest BCUT2D eigenvalue weighted by atomic mass is 19.1. The number of anilines is 3. The number of methoxy groups -OCH3 is 1. The first-order valence-corrected chi connectivity index (χ1v) is 8.40. The molecule has 27 heavy (non-hydrogen) atoms. The second-order valence-corrected chi connectivity index (χ2v) is 6.17. The summed E-state index contributed by atoms with van der Waals surface area (Å²) in [5, 5.41) is 12.4. The maximum absolute atomic E-state index is 13.9. The number of imidazole rings is 1. The number of hydrogen-bond acceptors (Lipinski definition) is 8. The lowest BCUT2D eigenvalue weighted by Gasteiger charge is -2.14. The maximum Gasteiger partial charge on any atom is 0.224 e. The maximum atomic E-state index is 13.9. The molecule has 2 aromatic heterocycles. The molecule has 3 atom stereocenters. The number of nitrogens with zero attached hydrogens (tertiary/aromatic N) is 4. The standard InChI is InChI=1S/C17H19FN6O3/c1-26-10-4-2-9(3-5-10)21-15-14-16(23-17(19)22-15)24(8-20-14)13-6-11(18)12(7-25)27-13/h2-5,8,11-13,25H,6-7H2,1H3,(H3,19,21,22,23)/t11-,12+,13+/m0/s1. The number of aromatic nitrogens is 4. The minimum Gasteiger partial charge on any atom is -0.497 e. The van der Waals surface area contributed by atoms with Crippen LogP contribution < -0.4 is 15.8 Å². The Morgan fingerprint density at radius 3 is 2.81 bits per heavy atom. The zero-order valence-electron chi connectivity index (χ0n) is 14.5. The molecule has 0 bridgehead atoms. The Morgan fingerprint density at radius 2 is 2.15 bits per heavy atom. The highest BCUT2D eigenvalue weighted by Gasteiger charge is 2.36. The van der Waals surface area contributed by atoms with Crippen molar-refractivity contribution in [1.29, 1.82) is 0 Å². The number of aliphatic hydroxyl groups excluding tert-OH is 1. The van der Waals surface area contributed by atoms with Crippen LogP contribution in [0.4, 0.5) is 21.8 Å². The van der Waals surface area contributed by atoms with Gasteiger partial charge in [-0.2, -0.15) is 9.97 Å². The highest BCUT2D eigenvalue weighted by molar-refractivity contribution is 5.86. The van der Waals surface area contributed by atoms with E-state index in [4.69, 9.17) is 15.2 Å². The van der Waals surface area contributed by atoms with Crippen LogP contribution in [0.25, 0.3) is 11.2 Å². The fourth-order valence-electron chi connectivity index (χ4n) is 3.07. The quantitative estimate of drug-likeness (QED) is 0.618. The summed E-state index contributed by atoms with van der Waals surface area (Å²) < 4.78 is 26.3. The van der Waals surface area contributed by atoms with Crippen LogP contribution in [0.3, 0.4) is 0 Å². The van der Waals surface area contributed by atoms with Gasteiger partial charge in [-0.05, 0) is 24.3 Å². The van der Waals surface area contributed by atoms with Gasteiger partial charge in [-0.25, -0.2) is 9.37 Å². The Kier molecular flexibility index (Phi) is 4.50. The van der Waals surface area contributed by atoms with Gasteiger partial charge in [0.15, 0.2) is 17.0 Å². The average Bonchev–Trinajstić information content (AvgIpc) is 3.25. The van der Waals surface area contributed by atoms with E-state index < -0.39 is 18.5 Å². The number of aliphatic hydroxyl groups is 1. The van der Waals surface area contributed by atoms with Gasteiger partial charge in [0.05, 0.1) is 20.0 Å². The number of alkyl halides is 1. The number of halogens is 1. The highest BCUT2D eigenvalue weighted by Crippen LogP contribution is 2.34. The third-order valence-electron chi connectivity index (χ3n) is 4.44. The zero-order valence-corrected chi connectivity index (χ0v) is 14.5. The number of nitrogens with one attached hydrogen (secondary N) is 1. The van der Waals surface area contributed by atoms with Gasteiger partial charge in [-0.15, -0.1) is 0 Å². The monoisotopic (exact) mass is 374 g/mol. The van der Waals surface area contributed by atoms with Gasteiger partial charge >= 0.3 is 0 Å². The molecule has 1 aliphatic rings. The first-order chi connectivity index (χ1) is 13.1. The molecule has 0 aliphatic carbocycles. The molecule has 0 saturated carbocycles. The van der Waals surface area contributed by atoms with Crippen molar-refractivity contribution >= 4 is 28.6 Å². The molecule has 10 heteroatoms. The summed E-state index contributed by atoms with van der Waals surface area (Å²) in [5.41, 5.74) is 7.53. The van der Waals surface area contributed by atoms with E-state index in [1.54, 1.807) is 11.7 Å². The third-order valence-corrected chi connectivity index (χ3v) is 4.44. The molecule has 142 valence electrons. The van der Waals surface area contributed by atoms with Crippen molar-refractivity contribution in [1.82, 2.24) is 19.5 Å². The summed E-state index contributed by atoms with van der Waals surface area (Å²) in [6.07, 6.45) is -1.13. The van der Waals surface area contributed by atoms with Crippen LogP contribution in [0.2, 0.25) is 0 Å². The topological polar surface area (TPSA) is 120 Å². The minimum absolute atomic E-state index is 0.0498. The first kappa shape index (κ1) is 17.4. The van der Waals surface area contributed by atoms with Gasteiger partial charge in [0, 0.05) is 12.1 Å². The lowest BCUT2D eigenvalue weighted by Crippen LogP contribution is -2.21. The normalized spacial score (nSPS) is 22.3. The number of benzene rings is 1. The molecule has 0 amide bonds. The molecule has 0 unspecified atom stereocenters. The molecule has 1 fully saturated rings. The van der Waals surface area contributed by atoms with Crippen LogP contribution >= 0.6 is 0 Å². The Balaban J connectivity index is 1.67. The van der Waals surface area contributed by atoms with E-state index in [0.29, 0.717) is 17.0 Å². The summed E-state index contributed by atoms with van der Waals surface area (Å²) in [6.45, 7) is -0.383. The molecule has 1 saturated heterocycles. The number of nitrogens with two attached hydrogens (primary N) is 1. The summed E-state index contributed by atoms with van der Waals surface area (Å²) in [4.78, 5) is 12.8. The van der Waals surface area contributed by atoms with Crippen LogP contribution in [0, 0.1) is 0 Å². The fraction of sp³-hybridized carbons (Fsp3) is 0.353. The molecule has 0 radical (unpaired) electrons. The van der Waals surface area contributed by atoms with E-state index in [9.17, 15) is 9.50 Å². The molecule has 4 rings (SSSR count). The SMILES string of the molecule is COc1ccc(Nc2nc(N)nc3c2ncn3[C@H]2C[C@H](F)[C@@H](CO)O2)cc1. The van der Waals surface area contributed by atoms with E-state index in [-0.39, 0.29) is 19.0 Å². The minimum atomic E-state index is -1.26. The Labute approximate surface area is 154 Å². The smallest absolute Gasteiger partial charge is 0.224 e. The summed E-state index contributed by atoms with van der Waals surface area (Å²) >= 11 is 0. The van der Waals surface area contributed by atoms with Crippen molar-refractivity contribution in [2.75, 3.05) is 24.8 Å². The zero-order chi connectivity index (χ0) is 19.0. The van der Waals surface area contributed by atoms with E-state index in [1.807, 2.05) is 24.3 Å². The van der Waals surface area contributed by atoms with Crippen LogP contribution in [-0.4, -0.2) is 50.6 Å². The summed E-state index contributed by atoms with van der Waals surface area (Å²) in [6, 6.07) is 7.29. The lowest BCUT2D eigenvalue weighted by atomic mass is 10.2. The van der Waals surface area contributed by atoms with Crippen molar-refractivity contribution in [3.05, 3.63) is 30.6 Å². The van der Waals surface area contributed by atoms with Gasteiger partial charge in [0.2, 0.25) is 5.95 Å². The lowest BCUT2D eigenvalue weighted by molar-refractivity contribution is -0.0323. The molecule has 1 aromatic carbocycles.